The SMILES string of the molecule is C=C(C)CN([C@H]1CNC[C@@H]1N(CC(=C)C)S(=O)(=O)c1ccccc1)S(=O)(=O)c1ccccc1.Cl. The molecule has 1 aliphatic heterocycles. The van der Waals surface area contributed by atoms with Crippen LogP contribution in [0.3, 0.4) is 0 Å². The summed E-state index contributed by atoms with van der Waals surface area (Å²) < 4.78 is 57.3. The average Bonchev–Trinajstić information content (AvgIpc) is 3.25. The second-order valence-electron chi connectivity index (χ2n) is 8.43. The molecule has 0 aromatic heterocycles. The molecule has 7 nitrogen and oxygen atoms in total. The van der Waals surface area contributed by atoms with Gasteiger partial charge in [0.2, 0.25) is 20.0 Å². The second kappa shape index (κ2) is 11.6. The predicted molar refractivity (Wildman–Crippen MR) is 138 cm³/mol. The van der Waals surface area contributed by atoms with E-state index in [1.165, 1.54) is 8.61 Å². The smallest absolute Gasteiger partial charge is 0.243 e. The molecule has 34 heavy (non-hydrogen) atoms. The monoisotopic (exact) mass is 525 g/mol. The van der Waals surface area contributed by atoms with E-state index in [9.17, 15) is 16.8 Å². The van der Waals surface area contributed by atoms with E-state index in [0.717, 1.165) is 0 Å². The number of nitrogens with zero attached hydrogens (tertiary/aromatic N) is 2. The Balaban J connectivity index is 0.00000408. The molecule has 0 bridgehead atoms. The van der Waals surface area contributed by atoms with E-state index < -0.39 is 32.1 Å². The normalized spacial score (nSPS) is 18.6. The summed E-state index contributed by atoms with van der Waals surface area (Å²) in [5, 5.41) is 3.21. The molecule has 1 fully saturated rings. The van der Waals surface area contributed by atoms with Crippen LogP contribution in [0.2, 0.25) is 0 Å². The van der Waals surface area contributed by atoms with Gasteiger partial charge in [-0.25, -0.2) is 16.8 Å². The molecule has 10 heteroatoms. The predicted octanol–water partition coefficient (Wildman–Crippen LogP) is 3.28. The van der Waals surface area contributed by atoms with Gasteiger partial charge >= 0.3 is 0 Å². The zero-order chi connectivity index (χ0) is 24.2. The van der Waals surface area contributed by atoms with Crippen LogP contribution in [0.15, 0.2) is 94.8 Å². The number of rotatable bonds is 10. The maximum absolute atomic E-state index is 13.6. The third-order valence-corrected chi connectivity index (χ3v) is 9.21. The second-order valence-corrected chi connectivity index (χ2v) is 12.2. The minimum absolute atomic E-state index is 0. The first-order valence-electron chi connectivity index (χ1n) is 10.7. The molecule has 0 amide bonds. The first-order chi connectivity index (χ1) is 15.5. The molecule has 0 spiro atoms. The zero-order valence-corrected chi connectivity index (χ0v) is 21.9. The molecular weight excluding hydrogens is 494 g/mol. The van der Waals surface area contributed by atoms with Gasteiger partial charge in [-0.2, -0.15) is 8.61 Å². The summed E-state index contributed by atoms with van der Waals surface area (Å²) in [6.45, 7) is 12.2. The van der Waals surface area contributed by atoms with Gasteiger partial charge in [0.15, 0.2) is 0 Å². The highest BCUT2D eigenvalue weighted by Gasteiger charge is 2.45. The third kappa shape index (κ3) is 6.16. The van der Waals surface area contributed by atoms with Gasteiger partial charge in [-0.05, 0) is 38.1 Å². The minimum Gasteiger partial charge on any atom is -0.313 e. The molecule has 0 unspecified atom stereocenters. The summed E-state index contributed by atoms with van der Waals surface area (Å²) in [5.74, 6) is 0. The summed E-state index contributed by atoms with van der Waals surface area (Å²) in [4.78, 5) is 0.323. The molecular formula is C24H32ClN3O4S2. The van der Waals surface area contributed by atoms with E-state index in [4.69, 9.17) is 0 Å². The van der Waals surface area contributed by atoms with Crippen molar-refractivity contribution in [2.24, 2.45) is 0 Å². The van der Waals surface area contributed by atoms with E-state index in [0.29, 0.717) is 24.2 Å². The maximum atomic E-state index is 13.6. The summed E-state index contributed by atoms with van der Waals surface area (Å²) in [6, 6.07) is 15.1. The van der Waals surface area contributed by atoms with Crippen molar-refractivity contribution < 1.29 is 16.8 Å². The Morgan fingerprint density at radius 2 is 1.09 bits per heavy atom. The van der Waals surface area contributed by atoms with Crippen LogP contribution in [0.5, 0.6) is 0 Å². The molecule has 1 aliphatic rings. The van der Waals surface area contributed by atoms with Crippen LogP contribution in [0, 0.1) is 0 Å². The number of benzene rings is 2. The van der Waals surface area contributed by atoms with Gasteiger partial charge < -0.3 is 5.32 Å². The average molecular weight is 526 g/mol. The molecule has 0 radical (unpaired) electrons. The lowest BCUT2D eigenvalue weighted by molar-refractivity contribution is 0.244. The van der Waals surface area contributed by atoms with Crippen molar-refractivity contribution in [3.05, 3.63) is 85.0 Å². The van der Waals surface area contributed by atoms with Gasteiger partial charge in [-0.15, -0.1) is 12.4 Å². The number of hydrogen-bond donors (Lipinski definition) is 1. The van der Waals surface area contributed by atoms with Crippen molar-refractivity contribution in [2.75, 3.05) is 26.2 Å². The molecule has 3 rings (SSSR count). The lowest BCUT2D eigenvalue weighted by Crippen LogP contribution is -2.55. The fourth-order valence-electron chi connectivity index (χ4n) is 3.99. The Morgan fingerprint density at radius 3 is 1.38 bits per heavy atom. The molecule has 2 atom stereocenters. The van der Waals surface area contributed by atoms with Crippen molar-refractivity contribution in [1.82, 2.24) is 13.9 Å². The maximum Gasteiger partial charge on any atom is 0.243 e. The quantitative estimate of drug-likeness (QED) is 0.481. The Hall–Kier alpha value is -2.01. The highest BCUT2D eigenvalue weighted by atomic mass is 35.5. The summed E-state index contributed by atoms with van der Waals surface area (Å²) in [7, 11) is -7.79. The van der Waals surface area contributed by atoms with Crippen LogP contribution in [0.4, 0.5) is 0 Å². The molecule has 1 saturated heterocycles. The molecule has 2 aromatic carbocycles. The largest absolute Gasteiger partial charge is 0.313 e. The highest BCUT2D eigenvalue weighted by Crippen LogP contribution is 2.28. The van der Waals surface area contributed by atoms with Crippen LogP contribution in [-0.4, -0.2) is 63.7 Å². The van der Waals surface area contributed by atoms with Gasteiger partial charge in [0, 0.05) is 26.2 Å². The zero-order valence-electron chi connectivity index (χ0n) is 19.4. The van der Waals surface area contributed by atoms with E-state index in [1.54, 1.807) is 74.5 Å². The molecule has 0 aliphatic carbocycles. The Bertz CT molecular complexity index is 1110. The Kier molecular flexibility index (Phi) is 9.64. The van der Waals surface area contributed by atoms with Crippen LogP contribution in [0.1, 0.15) is 13.8 Å². The number of hydrogen-bond acceptors (Lipinski definition) is 5. The van der Waals surface area contributed by atoms with Crippen molar-refractivity contribution in [3.63, 3.8) is 0 Å². The summed E-state index contributed by atoms with van der Waals surface area (Å²) in [6.07, 6.45) is 0. The lowest BCUT2D eigenvalue weighted by atomic mass is 10.1. The summed E-state index contributed by atoms with van der Waals surface area (Å²) >= 11 is 0. The number of halogens is 1. The van der Waals surface area contributed by atoms with Gasteiger partial charge in [-0.3, -0.25) is 0 Å². The number of sulfonamides is 2. The Labute approximate surface area is 209 Å². The summed E-state index contributed by atoms with van der Waals surface area (Å²) in [5.41, 5.74) is 1.33. The van der Waals surface area contributed by atoms with Crippen LogP contribution >= 0.6 is 12.4 Å². The molecule has 186 valence electrons. The van der Waals surface area contributed by atoms with Crippen LogP contribution in [-0.2, 0) is 20.0 Å². The fourth-order valence-corrected chi connectivity index (χ4v) is 7.45. The van der Waals surface area contributed by atoms with Gasteiger partial charge in [-0.1, -0.05) is 60.7 Å². The van der Waals surface area contributed by atoms with E-state index >= 15 is 0 Å². The molecule has 2 aromatic rings. The van der Waals surface area contributed by atoms with E-state index in [-0.39, 0.29) is 35.3 Å². The van der Waals surface area contributed by atoms with Crippen molar-refractivity contribution in [2.45, 2.75) is 35.7 Å². The Morgan fingerprint density at radius 1 is 0.765 bits per heavy atom. The lowest BCUT2D eigenvalue weighted by Gasteiger charge is -2.37. The third-order valence-electron chi connectivity index (χ3n) is 5.44. The molecule has 1 heterocycles. The molecule has 1 N–H and O–H groups in total. The standard InChI is InChI=1S/C24H31N3O4S2.ClH/c1-19(2)17-26(32(28,29)21-11-7-5-8-12-21)23-15-25-16-24(23)27(18-20(3)4)33(30,31)22-13-9-6-10-14-22;/h5-14,23-25H,1,3,15-18H2,2,4H3;1H/t23-,24-;/m0./s1. The highest BCUT2D eigenvalue weighted by molar-refractivity contribution is 7.89. The number of nitrogens with one attached hydrogen (secondary N) is 1. The first-order valence-corrected chi connectivity index (χ1v) is 13.6. The van der Waals surface area contributed by atoms with E-state index in [2.05, 4.69) is 18.5 Å². The van der Waals surface area contributed by atoms with Crippen molar-refractivity contribution >= 4 is 32.5 Å². The first kappa shape index (κ1) is 28.2. The topological polar surface area (TPSA) is 86.8 Å². The van der Waals surface area contributed by atoms with Gasteiger partial charge in [0.05, 0.1) is 21.9 Å². The van der Waals surface area contributed by atoms with Crippen molar-refractivity contribution in [3.8, 4) is 0 Å². The van der Waals surface area contributed by atoms with Crippen molar-refractivity contribution in [1.29, 1.82) is 0 Å². The van der Waals surface area contributed by atoms with Gasteiger partial charge in [0.25, 0.3) is 0 Å². The van der Waals surface area contributed by atoms with Crippen LogP contribution in [0.25, 0.3) is 0 Å². The van der Waals surface area contributed by atoms with Gasteiger partial charge in [0.1, 0.15) is 0 Å². The van der Waals surface area contributed by atoms with Crippen LogP contribution < -0.4 is 5.32 Å². The van der Waals surface area contributed by atoms with E-state index in [1.807, 2.05) is 0 Å². The minimum atomic E-state index is -3.90. The fraction of sp³-hybridized carbons (Fsp3) is 0.333. The molecule has 0 saturated carbocycles.